The number of sulfonamides is 1. The second-order valence-electron chi connectivity index (χ2n) is 4.77. The largest absolute Gasteiger partial charge is 0.306 e. The van der Waals surface area contributed by atoms with Gasteiger partial charge in [0.25, 0.3) is 0 Å². The van der Waals surface area contributed by atoms with Crippen LogP contribution in [0.2, 0.25) is 0 Å². The second kappa shape index (κ2) is 5.69. The molecule has 1 saturated heterocycles. The smallest absolute Gasteiger partial charge is 0.250 e. The van der Waals surface area contributed by atoms with E-state index in [1.807, 2.05) is 13.0 Å². The Morgan fingerprint density at radius 2 is 2.06 bits per heavy atom. The zero-order chi connectivity index (χ0) is 13.2. The van der Waals surface area contributed by atoms with Crippen LogP contribution >= 0.6 is 11.3 Å². The summed E-state index contributed by atoms with van der Waals surface area (Å²) in [5.41, 5.74) is 0. The highest BCUT2D eigenvalue weighted by Crippen LogP contribution is 2.23. The normalized spacial score (nSPS) is 19.2. The number of nitrogens with zero attached hydrogens (tertiary/aromatic N) is 1. The predicted molar refractivity (Wildman–Crippen MR) is 74.5 cm³/mol. The van der Waals surface area contributed by atoms with E-state index in [0.29, 0.717) is 4.21 Å². The van der Waals surface area contributed by atoms with Crippen molar-refractivity contribution in [3.8, 4) is 0 Å². The third kappa shape index (κ3) is 3.32. The summed E-state index contributed by atoms with van der Waals surface area (Å²) >= 11 is 1.37. The van der Waals surface area contributed by atoms with E-state index < -0.39 is 10.0 Å². The van der Waals surface area contributed by atoms with E-state index in [1.54, 1.807) is 6.07 Å². The van der Waals surface area contributed by atoms with Crippen molar-refractivity contribution in [2.24, 2.45) is 0 Å². The van der Waals surface area contributed by atoms with Crippen molar-refractivity contribution < 1.29 is 8.42 Å². The summed E-state index contributed by atoms with van der Waals surface area (Å²) in [7, 11) is -1.25. The minimum atomic E-state index is -3.32. The van der Waals surface area contributed by atoms with Crippen molar-refractivity contribution in [1.29, 1.82) is 0 Å². The summed E-state index contributed by atoms with van der Waals surface area (Å²) in [6.45, 7) is 3.95. The first kappa shape index (κ1) is 14.0. The quantitative estimate of drug-likeness (QED) is 0.917. The monoisotopic (exact) mass is 288 g/mol. The van der Waals surface area contributed by atoms with E-state index in [-0.39, 0.29) is 6.04 Å². The Balaban J connectivity index is 2.03. The molecule has 18 heavy (non-hydrogen) atoms. The van der Waals surface area contributed by atoms with Gasteiger partial charge in [0.05, 0.1) is 0 Å². The SMILES string of the molecule is CCc1ccc(S(=O)(=O)NC2CCN(C)CC2)s1. The molecule has 102 valence electrons. The number of nitrogens with one attached hydrogen (secondary N) is 1. The van der Waals surface area contributed by atoms with Gasteiger partial charge in [-0.15, -0.1) is 11.3 Å². The van der Waals surface area contributed by atoms with Crippen LogP contribution in [0.3, 0.4) is 0 Å². The van der Waals surface area contributed by atoms with Gasteiger partial charge in [0.2, 0.25) is 10.0 Å². The number of rotatable bonds is 4. The lowest BCUT2D eigenvalue weighted by Gasteiger charge is -2.29. The van der Waals surface area contributed by atoms with E-state index >= 15 is 0 Å². The second-order valence-corrected chi connectivity index (χ2v) is 7.88. The predicted octanol–water partition coefficient (Wildman–Crippen LogP) is 1.68. The molecule has 1 N–H and O–H groups in total. The molecule has 2 rings (SSSR count). The van der Waals surface area contributed by atoms with E-state index in [1.165, 1.54) is 11.3 Å². The molecule has 6 heteroatoms. The highest BCUT2D eigenvalue weighted by atomic mass is 32.2. The van der Waals surface area contributed by atoms with E-state index in [9.17, 15) is 8.42 Å². The van der Waals surface area contributed by atoms with Crippen LogP contribution in [-0.2, 0) is 16.4 Å². The topological polar surface area (TPSA) is 49.4 Å². The van der Waals surface area contributed by atoms with Crippen LogP contribution in [0.4, 0.5) is 0 Å². The fraction of sp³-hybridized carbons (Fsp3) is 0.667. The molecule has 1 aliphatic heterocycles. The molecule has 0 bridgehead atoms. The third-order valence-corrected chi connectivity index (χ3v) is 6.53. The molecule has 1 fully saturated rings. The minimum absolute atomic E-state index is 0.0818. The highest BCUT2D eigenvalue weighted by molar-refractivity contribution is 7.91. The maximum atomic E-state index is 12.2. The number of hydrogen-bond acceptors (Lipinski definition) is 4. The molecule has 0 amide bonds. The van der Waals surface area contributed by atoms with Crippen LogP contribution in [0.15, 0.2) is 16.3 Å². The van der Waals surface area contributed by atoms with Crippen molar-refractivity contribution in [2.75, 3.05) is 20.1 Å². The van der Waals surface area contributed by atoms with E-state index in [0.717, 1.165) is 37.2 Å². The molecule has 0 radical (unpaired) electrons. The Kier molecular flexibility index (Phi) is 4.42. The van der Waals surface area contributed by atoms with Gasteiger partial charge in [-0.2, -0.15) is 0 Å². The summed E-state index contributed by atoms with van der Waals surface area (Å²) in [4.78, 5) is 3.34. The first-order chi connectivity index (χ1) is 8.51. The molecule has 4 nitrogen and oxygen atoms in total. The van der Waals surface area contributed by atoms with Gasteiger partial charge in [0.15, 0.2) is 0 Å². The Hall–Kier alpha value is -0.430. The minimum Gasteiger partial charge on any atom is -0.306 e. The molecule has 1 aliphatic rings. The lowest BCUT2D eigenvalue weighted by Crippen LogP contribution is -2.43. The van der Waals surface area contributed by atoms with E-state index in [2.05, 4.69) is 16.7 Å². The number of aryl methyl sites for hydroxylation is 1. The summed E-state index contributed by atoms with van der Waals surface area (Å²) < 4.78 is 27.7. The van der Waals surface area contributed by atoms with Crippen LogP contribution in [0, 0.1) is 0 Å². The van der Waals surface area contributed by atoms with Crippen molar-refractivity contribution in [1.82, 2.24) is 9.62 Å². The molecule has 0 unspecified atom stereocenters. The van der Waals surface area contributed by atoms with Crippen LogP contribution in [0.25, 0.3) is 0 Å². The maximum absolute atomic E-state index is 12.2. The molecular weight excluding hydrogens is 268 g/mol. The Morgan fingerprint density at radius 1 is 1.39 bits per heavy atom. The zero-order valence-corrected chi connectivity index (χ0v) is 12.5. The molecule has 1 aromatic rings. The van der Waals surface area contributed by atoms with Crippen molar-refractivity contribution in [3.05, 3.63) is 17.0 Å². The molecular formula is C12H20N2O2S2. The lowest BCUT2D eigenvalue weighted by atomic mass is 10.1. The van der Waals surface area contributed by atoms with Gasteiger partial charge in [-0.1, -0.05) is 6.92 Å². The maximum Gasteiger partial charge on any atom is 0.250 e. The number of hydrogen-bond donors (Lipinski definition) is 1. The van der Waals surface area contributed by atoms with Crippen LogP contribution in [-0.4, -0.2) is 39.5 Å². The Labute approximate surface area is 113 Å². The first-order valence-electron chi connectivity index (χ1n) is 6.31. The number of piperidine rings is 1. The van der Waals surface area contributed by atoms with Crippen LogP contribution in [0.1, 0.15) is 24.6 Å². The Bertz CT molecular complexity index is 488. The zero-order valence-electron chi connectivity index (χ0n) is 10.8. The van der Waals surface area contributed by atoms with Crippen LogP contribution in [0.5, 0.6) is 0 Å². The summed E-state index contributed by atoms with van der Waals surface area (Å²) in [6, 6.07) is 3.69. The van der Waals surface area contributed by atoms with E-state index in [4.69, 9.17) is 0 Å². The lowest BCUT2D eigenvalue weighted by molar-refractivity contribution is 0.248. The molecule has 1 aromatic heterocycles. The highest BCUT2D eigenvalue weighted by Gasteiger charge is 2.24. The number of likely N-dealkylation sites (tertiary alicyclic amines) is 1. The van der Waals surface area contributed by atoms with Crippen molar-refractivity contribution >= 4 is 21.4 Å². The van der Waals surface area contributed by atoms with Gasteiger partial charge in [-0.3, -0.25) is 0 Å². The van der Waals surface area contributed by atoms with Gasteiger partial charge < -0.3 is 4.90 Å². The van der Waals surface area contributed by atoms with Crippen molar-refractivity contribution in [3.63, 3.8) is 0 Å². The van der Waals surface area contributed by atoms with Crippen molar-refractivity contribution in [2.45, 2.75) is 36.4 Å². The molecule has 0 aromatic carbocycles. The Morgan fingerprint density at radius 3 is 2.61 bits per heavy atom. The third-order valence-electron chi connectivity index (χ3n) is 3.29. The molecule has 0 atom stereocenters. The standard InChI is InChI=1S/C12H20N2O2S2/c1-3-11-4-5-12(17-11)18(15,16)13-10-6-8-14(2)9-7-10/h4-5,10,13H,3,6-9H2,1-2H3. The molecule has 0 aliphatic carbocycles. The molecule has 2 heterocycles. The van der Waals surface area contributed by atoms with Gasteiger partial charge in [-0.25, -0.2) is 13.1 Å². The fourth-order valence-electron chi connectivity index (χ4n) is 2.10. The first-order valence-corrected chi connectivity index (χ1v) is 8.61. The molecule has 0 saturated carbocycles. The summed E-state index contributed by atoms with van der Waals surface area (Å²) in [5.74, 6) is 0. The number of thiophene rings is 1. The van der Waals surface area contributed by atoms with Crippen LogP contribution < -0.4 is 4.72 Å². The van der Waals surface area contributed by atoms with Gasteiger partial charge in [0, 0.05) is 10.9 Å². The fourth-order valence-corrected chi connectivity index (χ4v) is 4.71. The van der Waals surface area contributed by atoms with Gasteiger partial charge in [0.1, 0.15) is 4.21 Å². The van der Waals surface area contributed by atoms with Gasteiger partial charge in [-0.05, 0) is 51.5 Å². The van der Waals surface area contributed by atoms with Gasteiger partial charge >= 0.3 is 0 Å². The molecule has 0 spiro atoms. The summed E-state index contributed by atoms with van der Waals surface area (Å²) in [6.07, 6.45) is 2.66. The average Bonchev–Trinajstić information content (AvgIpc) is 2.81. The average molecular weight is 288 g/mol. The summed E-state index contributed by atoms with van der Waals surface area (Å²) in [5, 5.41) is 0.